The van der Waals surface area contributed by atoms with Gasteiger partial charge in [0.2, 0.25) is 0 Å². The zero-order valence-corrected chi connectivity index (χ0v) is 11.9. The van der Waals surface area contributed by atoms with Gasteiger partial charge < -0.3 is 15.6 Å². The standard InChI is InChI=1S/C17H21NO2/c1-12(2)10-17(19)15-11-14(8-9-16(15)18)20-13-6-4-3-5-7-13/h3-9,11-12,17,19H,10,18H2,1-2H3. The van der Waals surface area contributed by atoms with Gasteiger partial charge in [0, 0.05) is 11.3 Å². The minimum Gasteiger partial charge on any atom is -0.457 e. The van der Waals surface area contributed by atoms with Gasteiger partial charge in [0.1, 0.15) is 11.5 Å². The first-order valence-electron chi connectivity index (χ1n) is 6.86. The predicted octanol–water partition coefficient (Wildman–Crippen LogP) is 4.14. The van der Waals surface area contributed by atoms with Crippen LogP contribution in [-0.2, 0) is 0 Å². The fraction of sp³-hybridized carbons (Fsp3) is 0.294. The van der Waals surface area contributed by atoms with Crippen molar-refractivity contribution in [3.63, 3.8) is 0 Å². The molecule has 2 aromatic rings. The Bertz CT molecular complexity index is 552. The molecule has 3 N–H and O–H groups in total. The van der Waals surface area contributed by atoms with Crippen molar-refractivity contribution in [2.45, 2.75) is 26.4 Å². The number of rotatable bonds is 5. The number of nitrogen functional groups attached to an aromatic ring is 1. The molecule has 0 amide bonds. The number of ether oxygens (including phenoxy) is 1. The monoisotopic (exact) mass is 271 g/mol. The third-order valence-electron chi connectivity index (χ3n) is 3.09. The van der Waals surface area contributed by atoms with E-state index in [2.05, 4.69) is 13.8 Å². The second-order valence-electron chi connectivity index (χ2n) is 5.35. The van der Waals surface area contributed by atoms with Crippen molar-refractivity contribution < 1.29 is 9.84 Å². The van der Waals surface area contributed by atoms with Crippen LogP contribution in [0.3, 0.4) is 0 Å². The van der Waals surface area contributed by atoms with Gasteiger partial charge in [-0.2, -0.15) is 0 Å². The van der Waals surface area contributed by atoms with Crippen LogP contribution in [0.4, 0.5) is 5.69 Å². The Kier molecular flexibility index (Phi) is 4.64. The van der Waals surface area contributed by atoms with Gasteiger partial charge in [-0.25, -0.2) is 0 Å². The van der Waals surface area contributed by atoms with Gasteiger partial charge in [-0.1, -0.05) is 32.0 Å². The Morgan fingerprint density at radius 2 is 1.75 bits per heavy atom. The van der Waals surface area contributed by atoms with Crippen LogP contribution in [0.15, 0.2) is 48.5 Å². The molecule has 20 heavy (non-hydrogen) atoms. The number of hydrogen-bond donors (Lipinski definition) is 2. The van der Waals surface area contributed by atoms with Gasteiger partial charge >= 0.3 is 0 Å². The van der Waals surface area contributed by atoms with Crippen LogP contribution in [0.2, 0.25) is 0 Å². The molecular weight excluding hydrogens is 250 g/mol. The molecule has 1 atom stereocenters. The molecule has 0 saturated heterocycles. The molecule has 0 aliphatic heterocycles. The van der Waals surface area contributed by atoms with E-state index in [9.17, 15) is 5.11 Å². The van der Waals surface area contributed by atoms with Crippen LogP contribution >= 0.6 is 0 Å². The quantitative estimate of drug-likeness (QED) is 0.803. The lowest BCUT2D eigenvalue weighted by Crippen LogP contribution is -2.05. The average molecular weight is 271 g/mol. The first-order valence-corrected chi connectivity index (χ1v) is 6.86. The number of aliphatic hydroxyl groups is 1. The van der Waals surface area contributed by atoms with Gasteiger partial charge in [-0.15, -0.1) is 0 Å². The minimum atomic E-state index is -0.561. The maximum Gasteiger partial charge on any atom is 0.127 e. The van der Waals surface area contributed by atoms with Crippen molar-refractivity contribution >= 4 is 5.69 Å². The predicted molar refractivity (Wildman–Crippen MR) is 81.8 cm³/mol. The molecule has 0 fully saturated rings. The van der Waals surface area contributed by atoms with E-state index in [1.807, 2.05) is 42.5 Å². The number of benzene rings is 2. The zero-order valence-electron chi connectivity index (χ0n) is 11.9. The molecule has 3 nitrogen and oxygen atoms in total. The molecule has 0 radical (unpaired) electrons. The highest BCUT2D eigenvalue weighted by atomic mass is 16.5. The topological polar surface area (TPSA) is 55.5 Å². The van der Waals surface area contributed by atoms with Crippen molar-refractivity contribution in [3.05, 3.63) is 54.1 Å². The highest BCUT2D eigenvalue weighted by molar-refractivity contribution is 5.52. The van der Waals surface area contributed by atoms with E-state index in [1.54, 1.807) is 6.07 Å². The summed E-state index contributed by atoms with van der Waals surface area (Å²) in [5.74, 6) is 1.85. The van der Waals surface area contributed by atoms with Crippen LogP contribution < -0.4 is 10.5 Å². The van der Waals surface area contributed by atoms with E-state index in [0.717, 1.165) is 11.3 Å². The minimum absolute atomic E-state index is 0.406. The average Bonchev–Trinajstić information content (AvgIpc) is 2.41. The number of aliphatic hydroxyl groups excluding tert-OH is 1. The Morgan fingerprint density at radius 1 is 1.05 bits per heavy atom. The Morgan fingerprint density at radius 3 is 2.40 bits per heavy atom. The maximum absolute atomic E-state index is 10.2. The molecule has 0 bridgehead atoms. The van der Waals surface area contributed by atoms with E-state index in [-0.39, 0.29) is 0 Å². The van der Waals surface area contributed by atoms with E-state index in [1.165, 1.54) is 0 Å². The molecule has 0 aliphatic carbocycles. The molecule has 0 saturated carbocycles. The van der Waals surface area contributed by atoms with Crippen molar-refractivity contribution in [2.75, 3.05) is 5.73 Å². The van der Waals surface area contributed by atoms with E-state index < -0.39 is 6.10 Å². The molecule has 3 heteroatoms. The number of para-hydroxylation sites is 1. The first-order chi connectivity index (χ1) is 9.56. The highest BCUT2D eigenvalue weighted by Gasteiger charge is 2.14. The van der Waals surface area contributed by atoms with Crippen LogP contribution in [0.25, 0.3) is 0 Å². The largest absolute Gasteiger partial charge is 0.457 e. The SMILES string of the molecule is CC(C)CC(O)c1cc(Oc2ccccc2)ccc1N. The maximum atomic E-state index is 10.2. The lowest BCUT2D eigenvalue weighted by Gasteiger charge is -2.17. The zero-order chi connectivity index (χ0) is 14.5. The van der Waals surface area contributed by atoms with Gasteiger partial charge in [-0.05, 0) is 42.7 Å². The summed E-state index contributed by atoms with van der Waals surface area (Å²) < 4.78 is 5.76. The Labute approximate surface area is 120 Å². The summed E-state index contributed by atoms with van der Waals surface area (Å²) in [4.78, 5) is 0. The van der Waals surface area contributed by atoms with E-state index >= 15 is 0 Å². The number of nitrogens with two attached hydrogens (primary N) is 1. The van der Waals surface area contributed by atoms with Crippen LogP contribution in [0.5, 0.6) is 11.5 Å². The summed E-state index contributed by atoms with van der Waals surface area (Å²) in [5.41, 5.74) is 7.27. The Balaban J connectivity index is 2.20. The van der Waals surface area contributed by atoms with Crippen molar-refractivity contribution in [1.29, 1.82) is 0 Å². The number of anilines is 1. The van der Waals surface area contributed by atoms with Gasteiger partial charge in [0.05, 0.1) is 6.10 Å². The van der Waals surface area contributed by atoms with E-state index in [0.29, 0.717) is 23.8 Å². The van der Waals surface area contributed by atoms with E-state index in [4.69, 9.17) is 10.5 Å². The molecule has 0 aliphatic rings. The highest BCUT2D eigenvalue weighted by Crippen LogP contribution is 2.31. The molecule has 106 valence electrons. The molecule has 0 spiro atoms. The summed E-state index contributed by atoms with van der Waals surface area (Å²) in [6, 6.07) is 15.0. The van der Waals surface area contributed by atoms with Crippen molar-refractivity contribution in [2.24, 2.45) is 5.92 Å². The second kappa shape index (κ2) is 6.44. The smallest absolute Gasteiger partial charge is 0.127 e. The molecule has 0 aromatic heterocycles. The van der Waals surface area contributed by atoms with Crippen molar-refractivity contribution in [3.8, 4) is 11.5 Å². The summed E-state index contributed by atoms with van der Waals surface area (Å²) in [5, 5.41) is 10.2. The van der Waals surface area contributed by atoms with Gasteiger partial charge in [0.25, 0.3) is 0 Å². The number of hydrogen-bond acceptors (Lipinski definition) is 3. The molecular formula is C17H21NO2. The normalized spacial score (nSPS) is 12.4. The lowest BCUT2D eigenvalue weighted by atomic mass is 9.98. The van der Waals surface area contributed by atoms with Gasteiger partial charge in [0.15, 0.2) is 0 Å². The fourth-order valence-electron chi connectivity index (χ4n) is 2.10. The Hall–Kier alpha value is -2.00. The fourth-order valence-corrected chi connectivity index (χ4v) is 2.10. The molecule has 1 unspecified atom stereocenters. The molecule has 0 heterocycles. The second-order valence-corrected chi connectivity index (χ2v) is 5.35. The third kappa shape index (κ3) is 3.75. The van der Waals surface area contributed by atoms with Crippen LogP contribution in [0, 0.1) is 5.92 Å². The summed E-state index contributed by atoms with van der Waals surface area (Å²) in [6.45, 7) is 4.15. The van der Waals surface area contributed by atoms with Gasteiger partial charge in [-0.3, -0.25) is 0 Å². The van der Waals surface area contributed by atoms with Crippen LogP contribution in [-0.4, -0.2) is 5.11 Å². The van der Waals surface area contributed by atoms with Crippen LogP contribution in [0.1, 0.15) is 31.9 Å². The summed E-state index contributed by atoms with van der Waals surface area (Å²) >= 11 is 0. The lowest BCUT2D eigenvalue weighted by molar-refractivity contribution is 0.151. The molecule has 2 rings (SSSR count). The van der Waals surface area contributed by atoms with Crippen molar-refractivity contribution in [1.82, 2.24) is 0 Å². The summed E-state index contributed by atoms with van der Waals surface area (Å²) in [6.07, 6.45) is 0.119. The molecule has 2 aromatic carbocycles. The summed E-state index contributed by atoms with van der Waals surface area (Å²) in [7, 11) is 0. The third-order valence-corrected chi connectivity index (χ3v) is 3.09. The first kappa shape index (κ1) is 14.4.